The van der Waals surface area contributed by atoms with E-state index in [1.54, 1.807) is 12.4 Å². The summed E-state index contributed by atoms with van der Waals surface area (Å²) < 4.78 is 7.01. The molecule has 6 heteroatoms. The van der Waals surface area contributed by atoms with E-state index in [1.807, 2.05) is 46.2 Å². The van der Waals surface area contributed by atoms with Crippen LogP contribution in [-0.2, 0) is 0 Å². The number of benzene rings is 1. The molecule has 1 saturated heterocycles. The third-order valence-corrected chi connectivity index (χ3v) is 5.37. The van der Waals surface area contributed by atoms with Crippen molar-refractivity contribution in [1.82, 2.24) is 9.88 Å². The summed E-state index contributed by atoms with van der Waals surface area (Å²) in [4.78, 5) is 20.3. The van der Waals surface area contributed by atoms with Gasteiger partial charge in [0.2, 0.25) is 0 Å². The van der Waals surface area contributed by atoms with Crippen LogP contribution in [0.15, 0.2) is 48.8 Å². The summed E-state index contributed by atoms with van der Waals surface area (Å²) in [6, 6.07) is 12.0. The van der Waals surface area contributed by atoms with Crippen molar-refractivity contribution in [3.63, 3.8) is 0 Å². The fraction of sp³-hybridized carbons (Fsp3) is 0.400. The summed E-state index contributed by atoms with van der Waals surface area (Å²) in [6.07, 6.45) is 5.43. The van der Waals surface area contributed by atoms with Crippen LogP contribution in [0.25, 0.3) is 0 Å². The summed E-state index contributed by atoms with van der Waals surface area (Å²) in [5.74, 6) is 1.43. The Labute approximate surface area is 168 Å². The van der Waals surface area contributed by atoms with Gasteiger partial charge in [-0.1, -0.05) is 6.92 Å². The molecule has 26 heavy (non-hydrogen) atoms. The normalized spacial score (nSPS) is 15.4. The molecule has 1 aromatic carbocycles. The quantitative estimate of drug-likeness (QED) is 0.543. The molecule has 0 bridgehead atoms. The van der Waals surface area contributed by atoms with Crippen molar-refractivity contribution in [2.24, 2.45) is 5.92 Å². The van der Waals surface area contributed by atoms with E-state index in [4.69, 9.17) is 4.74 Å². The summed E-state index contributed by atoms with van der Waals surface area (Å²) >= 11 is 2.29. The minimum Gasteiger partial charge on any atom is -0.494 e. The molecule has 0 aliphatic carbocycles. The molecular weight excluding hydrogens is 441 g/mol. The Morgan fingerprint density at radius 3 is 2.58 bits per heavy atom. The largest absolute Gasteiger partial charge is 0.494 e. The van der Waals surface area contributed by atoms with Crippen molar-refractivity contribution in [3.05, 3.63) is 52.4 Å². The average Bonchev–Trinajstić information content (AvgIpc) is 3.03. The minimum atomic E-state index is 0.0959. The lowest BCUT2D eigenvalue weighted by Gasteiger charge is -2.20. The Morgan fingerprint density at radius 1 is 1.12 bits per heavy atom. The molecule has 1 fully saturated rings. The zero-order chi connectivity index (χ0) is 18.4. The number of carbonyl (C=O) groups excluding carboxylic acids is 1. The third kappa shape index (κ3) is 5.09. The van der Waals surface area contributed by atoms with Crippen LogP contribution in [0.3, 0.4) is 0 Å². The molecule has 0 radical (unpaired) electrons. The van der Waals surface area contributed by atoms with E-state index < -0.39 is 0 Å². The topological polar surface area (TPSA) is 45.7 Å². The standard InChI is InChI=1S/C20H24IN3O2/c1-16(9-15-26-19-4-2-17(21)3-5-19)8-12-23-13-14-24(20(23)25)18-6-10-22-11-7-18/h2-7,10-11,16H,8-9,12-15H2,1H3/t16-/m0/s1. The maximum atomic E-state index is 12.6. The highest BCUT2D eigenvalue weighted by molar-refractivity contribution is 14.1. The molecule has 2 heterocycles. The first kappa shape index (κ1) is 18.9. The molecule has 1 aromatic heterocycles. The Kier molecular flexibility index (Phi) is 6.71. The summed E-state index contributed by atoms with van der Waals surface area (Å²) in [5, 5.41) is 0. The highest BCUT2D eigenvalue weighted by Crippen LogP contribution is 2.21. The van der Waals surface area contributed by atoms with Crippen LogP contribution >= 0.6 is 22.6 Å². The highest BCUT2D eigenvalue weighted by atomic mass is 127. The number of amides is 2. The number of hydrogen-bond donors (Lipinski definition) is 0. The molecule has 0 N–H and O–H groups in total. The lowest BCUT2D eigenvalue weighted by atomic mass is 10.0. The highest BCUT2D eigenvalue weighted by Gasteiger charge is 2.29. The minimum absolute atomic E-state index is 0.0959. The fourth-order valence-electron chi connectivity index (χ4n) is 2.98. The van der Waals surface area contributed by atoms with Crippen molar-refractivity contribution >= 4 is 34.3 Å². The van der Waals surface area contributed by atoms with Crippen LogP contribution < -0.4 is 9.64 Å². The van der Waals surface area contributed by atoms with Gasteiger partial charge in [0.25, 0.3) is 0 Å². The van der Waals surface area contributed by atoms with Crippen molar-refractivity contribution in [2.75, 3.05) is 31.1 Å². The molecule has 1 atom stereocenters. The van der Waals surface area contributed by atoms with E-state index in [-0.39, 0.29) is 6.03 Å². The van der Waals surface area contributed by atoms with Gasteiger partial charge in [0, 0.05) is 41.3 Å². The predicted molar refractivity (Wildman–Crippen MR) is 112 cm³/mol. The molecule has 2 aromatic rings. The van der Waals surface area contributed by atoms with Crippen LogP contribution in [0.1, 0.15) is 19.8 Å². The second-order valence-corrected chi connectivity index (χ2v) is 7.86. The van der Waals surface area contributed by atoms with Crippen LogP contribution in [0.2, 0.25) is 0 Å². The van der Waals surface area contributed by atoms with Crippen LogP contribution in [-0.4, -0.2) is 42.2 Å². The second-order valence-electron chi connectivity index (χ2n) is 6.61. The first-order chi connectivity index (χ1) is 12.6. The molecule has 1 aliphatic rings. The molecule has 1 aliphatic heterocycles. The summed E-state index contributed by atoms with van der Waals surface area (Å²) in [6.45, 7) is 5.25. The predicted octanol–water partition coefficient (Wildman–Crippen LogP) is 4.42. The van der Waals surface area contributed by atoms with Gasteiger partial charge in [-0.05, 0) is 77.7 Å². The molecule has 2 amide bonds. The van der Waals surface area contributed by atoms with E-state index in [0.717, 1.165) is 43.9 Å². The number of ether oxygens (including phenoxy) is 1. The number of pyridine rings is 1. The Bertz CT molecular complexity index is 709. The number of anilines is 1. The smallest absolute Gasteiger partial charge is 0.324 e. The van der Waals surface area contributed by atoms with Crippen LogP contribution in [0.4, 0.5) is 10.5 Å². The van der Waals surface area contributed by atoms with Gasteiger partial charge in [0.05, 0.1) is 6.61 Å². The summed E-state index contributed by atoms with van der Waals surface area (Å²) in [7, 11) is 0. The van der Waals surface area contributed by atoms with Crippen LogP contribution in [0.5, 0.6) is 5.75 Å². The third-order valence-electron chi connectivity index (χ3n) is 4.65. The number of nitrogens with zero attached hydrogens (tertiary/aromatic N) is 3. The van der Waals surface area contributed by atoms with E-state index in [1.165, 1.54) is 3.57 Å². The van der Waals surface area contributed by atoms with Crippen molar-refractivity contribution in [1.29, 1.82) is 0 Å². The maximum Gasteiger partial charge on any atom is 0.324 e. The van der Waals surface area contributed by atoms with E-state index >= 15 is 0 Å². The van der Waals surface area contributed by atoms with Gasteiger partial charge in [-0.3, -0.25) is 9.88 Å². The molecule has 0 saturated carbocycles. The number of hydrogen-bond acceptors (Lipinski definition) is 3. The molecule has 3 rings (SSSR count). The van der Waals surface area contributed by atoms with Gasteiger partial charge in [-0.2, -0.15) is 0 Å². The van der Waals surface area contributed by atoms with Gasteiger partial charge in [0.1, 0.15) is 5.75 Å². The summed E-state index contributed by atoms with van der Waals surface area (Å²) in [5.41, 5.74) is 0.923. The fourth-order valence-corrected chi connectivity index (χ4v) is 3.34. The zero-order valence-electron chi connectivity index (χ0n) is 15.0. The first-order valence-corrected chi connectivity index (χ1v) is 10.1. The SMILES string of the molecule is C[C@H](CCOc1ccc(I)cc1)CCN1CCN(c2ccncc2)C1=O. The molecule has 5 nitrogen and oxygen atoms in total. The van der Waals surface area contributed by atoms with E-state index in [0.29, 0.717) is 12.5 Å². The number of halogens is 1. The van der Waals surface area contributed by atoms with Crippen molar-refractivity contribution < 1.29 is 9.53 Å². The first-order valence-electron chi connectivity index (χ1n) is 8.98. The zero-order valence-corrected chi connectivity index (χ0v) is 17.1. The number of rotatable bonds is 8. The van der Waals surface area contributed by atoms with Crippen molar-refractivity contribution in [2.45, 2.75) is 19.8 Å². The van der Waals surface area contributed by atoms with Crippen LogP contribution in [0, 0.1) is 9.49 Å². The Hall–Kier alpha value is -1.83. The molecule has 138 valence electrons. The Morgan fingerprint density at radius 2 is 1.85 bits per heavy atom. The second kappa shape index (κ2) is 9.21. The van der Waals surface area contributed by atoms with E-state index in [9.17, 15) is 4.79 Å². The molecular formula is C20H24IN3O2. The van der Waals surface area contributed by atoms with Crippen molar-refractivity contribution in [3.8, 4) is 5.75 Å². The van der Waals surface area contributed by atoms with Gasteiger partial charge in [-0.25, -0.2) is 4.79 Å². The number of carbonyl (C=O) groups is 1. The van der Waals surface area contributed by atoms with Gasteiger partial charge < -0.3 is 9.64 Å². The average molecular weight is 465 g/mol. The Balaban J connectivity index is 1.38. The lowest BCUT2D eigenvalue weighted by Crippen LogP contribution is -2.33. The van der Waals surface area contributed by atoms with Gasteiger partial charge >= 0.3 is 6.03 Å². The maximum absolute atomic E-state index is 12.6. The molecule has 0 unspecified atom stereocenters. The molecule has 0 spiro atoms. The van der Waals surface area contributed by atoms with Gasteiger partial charge in [0.15, 0.2) is 0 Å². The lowest BCUT2D eigenvalue weighted by molar-refractivity contribution is 0.214. The number of urea groups is 1. The monoisotopic (exact) mass is 465 g/mol. The van der Waals surface area contributed by atoms with Gasteiger partial charge in [-0.15, -0.1) is 0 Å². The van der Waals surface area contributed by atoms with E-state index in [2.05, 4.69) is 34.5 Å². The number of aromatic nitrogens is 1.